The van der Waals surface area contributed by atoms with Crippen molar-refractivity contribution in [1.29, 1.82) is 0 Å². The van der Waals surface area contributed by atoms with Crippen LogP contribution in [-0.2, 0) is 4.79 Å². The highest BCUT2D eigenvalue weighted by molar-refractivity contribution is 6.68. The molecule has 1 atom stereocenters. The van der Waals surface area contributed by atoms with E-state index in [1.165, 1.54) is 0 Å². The fourth-order valence-corrected chi connectivity index (χ4v) is 2.28. The van der Waals surface area contributed by atoms with Crippen molar-refractivity contribution < 1.29 is 4.79 Å². The number of halogens is 3. The van der Waals surface area contributed by atoms with E-state index in [2.05, 4.69) is 6.58 Å². The molecule has 0 aromatic heterocycles. The van der Waals surface area contributed by atoms with Gasteiger partial charge in [-0.3, -0.25) is 4.79 Å². The van der Waals surface area contributed by atoms with E-state index in [-0.39, 0.29) is 0 Å². The van der Waals surface area contributed by atoms with Crippen LogP contribution in [0, 0.1) is 5.41 Å². The Balaban J connectivity index is 2.79. The molecule has 0 radical (unpaired) electrons. The van der Waals surface area contributed by atoms with Crippen molar-refractivity contribution in [3.8, 4) is 0 Å². The van der Waals surface area contributed by atoms with Gasteiger partial charge in [0.05, 0.1) is 5.41 Å². The molecular weight excluding hydrogens is 206 g/mol. The number of alkyl halides is 2. The number of rotatable bonds is 3. The molecule has 0 N–H and O–H groups in total. The topological polar surface area (TPSA) is 17.1 Å². The molecule has 0 spiro atoms. The van der Waals surface area contributed by atoms with Crippen molar-refractivity contribution >= 4 is 40.0 Å². The molecule has 0 saturated heterocycles. The van der Waals surface area contributed by atoms with Crippen LogP contribution in [0.15, 0.2) is 12.7 Å². The Hall–Kier alpha value is 0.280. The van der Waals surface area contributed by atoms with Gasteiger partial charge in [0.2, 0.25) is 5.24 Å². The summed E-state index contributed by atoms with van der Waals surface area (Å²) in [7, 11) is 0. The molecule has 0 bridgehead atoms. The Labute approximate surface area is 80.3 Å². The highest BCUT2D eigenvalue weighted by Crippen LogP contribution is 2.67. The predicted molar refractivity (Wildman–Crippen MR) is 47.2 cm³/mol. The van der Waals surface area contributed by atoms with Gasteiger partial charge in [0.15, 0.2) is 0 Å². The Bertz CT molecular complexity index is 212. The first-order chi connectivity index (χ1) is 4.96. The average molecular weight is 213 g/mol. The van der Waals surface area contributed by atoms with E-state index >= 15 is 0 Å². The maximum absolute atomic E-state index is 10.9. The Morgan fingerprint density at radius 2 is 2.09 bits per heavy atom. The molecular formula is C7H7Cl3O. The van der Waals surface area contributed by atoms with Crippen LogP contribution in [0.2, 0.25) is 0 Å². The Morgan fingerprint density at radius 3 is 2.18 bits per heavy atom. The number of hydrogen-bond acceptors (Lipinski definition) is 1. The molecule has 1 rings (SSSR count). The third kappa shape index (κ3) is 1.30. The van der Waals surface area contributed by atoms with E-state index < -0.39 is 15.0 Å². The zero-order valence-electron chi connectivity index (χ0n) is 5.74. The van der Waals surface area contributed by atoms with E-state index in [1.807, 2.05) is 0 Å². The summed E-state index contributed by atoms with van der Waals surface area (Å²) < 4.78 is -0.972. The molecule has 1 aliphatic rings. The molecule has 62 valence electrons. The molecule has 1 nitrogen and oxygen atoms in total. The molecule has 0 aromatic carbocycles. The van der Waals surface area contributed by atoms with E-state index in [9.17, 15) is 4.79 Å². The summed E-state index contributed by atoms with van der Waals surface area (Å²) >= 11 is 16.8. The summed E-state index contributed by atoms with van der Waals surface area (Å²) in [4.78, 5) is 10.9. The van der Waals surface area contributed by atoms with Crippen molar-refractivity contribution in [3.05, 3.63) is 12.7 Å². The molecule has 0 aromatic rings. The van der Waals surface area contributed by atoms with Crippen LogP contribution in [0.5, 0.6) is 0 Å². The fourth-order valence-electron chi connectivity index (χ4n) is 1.10. The minimum absolute atomic E-state index is 0.428. The van der Waals surface area contributed by atoms with Crippen molar-refractivity contribution in [1.82, 2.24) is 0 Å². The Morgan fingerprint density at radius 1 is 1.64 bits per heavy atom. The number of carbonyl (C=O) groups excluding carboxylic acids is 1. The third-order valence-corrected chi connectivity index (χ3v) is 3.32. The van der Waals surface area contributed by atoms with Gasteiger partial charge in [0.1, 0.15) is 4.33 Å². The molecule has 11 heavy (non-hydrogen) atoms. The van der Waals surface area contributed by atoms with Crippen LogP contribution in [0.4, 0.5) is 0 Å². The quantitative estimate of drug-likeness (QED) is 0.400. The van der Waals surface area contributed by atoms with Gasteiger partial charge in [-0.1, -0.05) is 6.08 Å². The summed E-state index contributed by atoms with van der Waals surface area (Å²) in [6.07, 6.45) is 2.48. The lowest BCUT2D eigenvalue weighted by Gasteiger charge is -2.08. The zero-order valence-corrected chi connectivity index (χ0v) is 8.01. The second kappa shape index (κ2) is 2.65. The molecule has 1 saturated carbocycles. The van der Waals surface area contributed by atoms with Crippen LogP contribution < -0.4 is 0 Å². The maximum atomic E-state index is 10.9. The number of carbonyl (C=O) groups is 1. The van der Waals surface area contributed by atoms with Crippen molar-refractivity contribution in [2.75, 3.05) is 0 Å². The minimum atomic E-state index is -0.972. The van der Waals surface area contributed by atoms with E-state index in [0.717, 1.165) is 0 Å². The summed E-state index contributed by atoms with van der Waals surface area (Å²) in [6.45, 7) is 3.51. The summed E-state index contributed by atoms with van der Waals surface area (Å²) in [5.41, 5.74) is -0.764. The van der Waals surface area contributed by atoms with Gasteiger partial charge in [0, 0.05) is 0 Å². The second-order valence-electron chi connectivity index (χ2n) is 2.73. The van der Waals surface area contributed by atoms with E-state index in [4.69, 9.17) is 34.8 Å². The highest BCUT2D eigenvalue weighted by atomic mass is 35.5. The van der Waals surface area contributed by atoms with Crippen molar-refractivity contribution in [2.45, 2.75) is 17.2 Å². The third-order valence-electron chi connectivity index (χ3n) is 1.97. The van der Waals surface area contributed by atoms with Crippen LogP contribution in [0.25, 0.3) is 0 Å². The number of allylic oxidation sites excluding steroid dienone is 1. The van der Waals surface area contributed by atoms with Crippen LogP contribution in [-0.4, -0.2) is 9.58 Å². The molecule has 0 unspecified atom stereocenters. The van der Waals surface area contributed by atoms with Crippen LogP contribution in [0.3, 0.4) is 0 Å². The monoisotopic (exact) mass is 212 g/mol. The molecule has 1 aliphatic carbocycles. The molecule has 4 heteroatoms. The van der Waals surface area contributed by atoms with Gasteiger partial charge in [-0.05, 0) is 24.4 Å². The molecule has 0 amide bonds. The molecule has 0 heterocycles. The van der Waals surface area contributed by atoms with Gasteiger partial charge >= 0.3 is 0 Å². The SMILES string of the molecule is C=CC[C@]1(C(=O)Cl)CC1(Cl)Cl. The van der Waals surface area contributed by atoms with Crippen LogP contribution in [0.1, 0.15) is 12.8 Å². The highest BCUT2D eigenvalue weighted by Gasteiger charge is 2.69. The summed E-state index contributed by atoms with van der Waals surface area (Å²) in [5.74, 6) is 0. The van der Waals surface area contributed by atoms with Gasteiger partial charge in [0.25, 0.3) is 0 Å². The average Bonchev–Trinajstić information content (AvgIpc) is 2.36. The second-order valence-corrected chi connectivity index (χ2v) is 4.56. The lowest BCUT2D eigenvalue weighted by atomic mass is 10.1. The first-order valence-corrected chi connectivity index (χ1v) is 4.28. The van der Waals surface area contributed by atoms with Crippen LogP contribution >= 0.6 is 34.8 Å². The van der Waals surface area contributed by atoms with Gasteiger partial charge in [-0.15, -0.1) is 29.8 Å². The minimum Gasteiger partial charge on any atom is -0.281 e. The van der Waals surface area contributed by atoms with Gasteiger partial charge < -0.3 is 0 Å². The van der Waals surface area contributed by atoms with E-state index in [1.54, 1.807) is 6.08 Å². The molecule has 1 fully saturated rings. The van der Waals surface area contributed by atoms with Gasteiger partial charge in [-0.25, -0.2) is 0 Å². The zero-order chi connectivity index (χ0) is 8.70. The maximum Gasteiger partial charge on any atom is 0.231 e. The summed E-state index contributed by atoms with van der Waals surface area (Å²) in [6, 6.07) is 0. The predicted octanol–water partition coefficient (Wildman–Crippen LogP) is 2.89. The largest absolute Gasteiger partial charge is 0.281 e. The fraction of sp³-hybridized carbons (Fsp3) is 0.571. The number of hydrogen-bond donors (Lipinski definition) is 0. The van der Waals surface area contributed by atoms with E-state index in [0.29, 0.717) is 12.8 Å². The first kappa shape index (κ1) is 9.37. The summed E-state index contributed by atoms with van der Waals surface area (Å²) in [5, 5.41) is -0.470. The smallest absolute Gasteiger partial charge is 0.231 e. The van der Waals surface area contributed by atoms with Gasteiger partial charge in [-0.2, -0.15) is 0 Å². The lowest BCUT2D eigenvalue weighted by Crippen LogP contribution is -2.16. The van der Waals surface area contributed by atoms with Crippen molar-refractivity contribution in [3.63, 3.8) is 0 Å². The lowest BCUT2D eigenvalue weighted by molar-refractivity contribution is -0.116. The van der Waals surface area contributed by atoms with Crippen molar-refractivity contribution in [2.24, 2.45) is 5.41 Å². The molecule has 0 aliphatic heterocycles. The normalized spacial score (nSPS) is 33.0. The standard InChI is InChI=1S/C7H7Cl3O/c1-2-3-6(5(8)11)4-7(6,9)10/h2H,1,3-4H2/t6-/m1/s1. The first-order valence-electron chi connectivity index (χ1n) is 3.15. The Kier molecular flexibility index (Phi) is 2.26.